The minimum absolute atomic E-state index is 0.178. The molecule has 24 heavy (non-hydrogen) atoms. The van der Waals surface area contributed by atoms with Crippen LogP contribution >= 0.6 is 0 Å². The van der Waals surface area contributed by atoms with Crippen molar-refractivity contribution in [2.75, 3.05) is 20.0 Å². The minimum Gasteiger partial charge on any atom is -0.494 e. The number of rotatable bonds is 6. The van der Waals surface area contributed by atoms with Crippen molar-refractivity contribution in [2.45, 2.75) is 33.6 Å². The Balaban J connectivity index is 1.98. The number of fused-ring (bicyclic) bond motifs is 1. The lowest BCUT2D eigenvalue weighted by Crippen LogP contribution is -2.04. The Morgan fingerprint density at radius 1 is 0.958 bits per heavy atom. The van der Waals surface area contributed by atoms with Crippen molar-refractivity contribution in [3.05, 3.63) is 47.0 Å². The third-order valence-electron chi connectivity index (χ3n) is 4.29. The smallest absolute Gasteiger partial charge is 0.231 e. The van der Waals surface area contributed by atoms with E-state index in [9.17, 15) is 0 Å². The molecular weight excluding hydrogens is 304 g/mol. The maximum Gasteiger partial charge on any atom is 0.231 e. The fourth-order valence-corrected chi connectivity index (χ4v) is 3.12. The van der Waals surface area contributed by atoms with Gasteiger partial charge >= 0.3 is 0 Å². The largest absolute Gasteiger partial charge is 0.494 e. The van der Waals surface area contributed by atoms with Gasteiger partial charge in [0.25, 0.3) is 0 Å². The molecule has 0 saturated carbocycles. The Bertz CT molecular complexity index is 724. The van der Waals surface area contributed by atoms with E-state index in [1.54, 1.807) is 0 Å². The Morgan fingerprint density at radius 2 is 1.67 bits per heavy atom. The Kier molecular flexibility index (Phi) is 4.84. The monoisotopic (exact) mass is 328 g/mol. The summed E-state index contributed by atoms with van der Waals surface area (Å²) in [4.78, 5) is 0. The van der Waals surface area contributed by atoms with Crippen molar-refractivity contribution in [3.8, 4) is 23.0 Å². The molecule has 0 N–H and O–H groups in total. The number of hydrogen-bond donors (Lipinski definition) is 0. The van der Waals surface area contributed by atoms with E-state index >= 15 is 0 Å². The molecule has 1 aliphatic rings. The van der Waals surface area contributed by atoms with Gasteiger partial charge in [-0.2, -0.15) is 0 Å². The number of benzene rings is 2. The SMILES string of the molecule is CCOc1ccc(C(C)c2cc3c(cc2OCC)OCO3)c(C)c1. The van der Waals surface area contributed by atoms with E-state index in [-0.39, 0.29) is 12.7 Å². The summed E-state index contributed by atoms with van der Waals surface area (Å²) in [5.74, 6) is 3.46. The predicted octanol–water partition coefficient (Wildman–Crippen LogP) is 4.67. The van der Waals surface area contributed by atoms with Crippen LogP contribution in [-0.4, -0.2) is 20.0 Å². The first kappa shape index (κ1) is 16.5. The van der Waals surface area contributed by atoms with Gasteiger partial charge in [0.2, 0.25) is 6.79 Å². The third-order valence-corrected chi connectivity index (χ3v) is 4.29. The van der Waals surface area contributed by atoms with Gasteiger partial charge < -0.3 is 18.9 Å². The summed E-state index contributed by atoms with van der Waals surface area (Å²) in [7, 11) is 0. The first-order valence-electron chi connectivity index (χ1n) is 8.43. The van der Waals surface area contributed by atoms with Crippen LogP contribution in [0, 0.1) is 6.92 Å². The van der Waals surface area contributed by atoms with E-state index in [4.69, 9.17) is 18.9 Å². The maximum absolute atomic E-state index is 5.85. The predicted molar refractivity (Wildman–Crippen MR) is 93.6 cm³/mol. The molecule has 0 radical (unpaired) electrons. The van der Waals surface area contributed by atoms with Crippen LogP contribution in [-0.2, 0) is 0 Å². The first-order chi connectivity index (χ1) is 11.6. The Labute approximate surface area is 143 Å². The second kappa shape index (κ2) is 7.04. The molecule has 4 heteroatoms. The maximum atomic E-state index is 5.85. The molecule has 1 aliphatic heterocycles. The van der Waals surface area contributed by atoms with Gasteiger partial charge in [0.1, 0.15) is 11.5 Å². The summed E-state index contributed by atoms with van der Waals surface area (Å²) >= 11 is 0. The molecule has 0 saturated heterocycles. The van der Waals surface area contributed by atoms with Crippen LogP contribution in [0.1, 0.15) is 43.4 Å². The summed E-state index contributed by atoms with van der Waals surface area (Å²) in [6.45, 7) is 9.83. The summed E-state index contributed by atoms with van der Waals surface area (Å²) in [5.41, 5.74) is 3.56. The lowest BCUT2D eigenvalue weighted by Gasteiger charge is -2.20. The minimum atomic E-state index is 0.178. The average molecular weight is 328 g/mol. The molecule has 0 aliphatic carbocycles. The highest BCUT2D eigenvalue weighted by Gasteiger charge is 2.22. The van der Waals surface area contributed by atoms with E-state index in [2.05, 4.69) is 26.0 Å². The molecule has 1 heterocycles. The molecule has 0 amide bonds. The van der Waals surface area contributed by atoms with E-state index in [1.807, 2.05) is 32.0 Å². The van der Waals surface area contributed by atoms with Crippen LogP contribution in [0.5, 0.6) is 23.0 Å². The van der Waals surface area contributed by atoms with Gasteiger partial charge in [0.15, 0.2) is 11.5 Å². The van der Waals surface area contributed by atoms with E-state index in [1.165, 1.54) is 11.1 Å². The van der Waals surface area contributed by atoms with Crippen LogP contribution in [0.25, 0.3) is 0 Å². The zero-order valence-corrected chi connectivity index (χ0v) is 14.7. The Morgan fingerprint density at radius 3 is 2.33 bits per heavy atom. The van der Waals surface area contributed by atoms with Gasteiger partial charge in [-0.05, 0) is 50.1 Å². The van der Waals surface area contributed by atoms with Crippen LogP contribution in [0.3, 0.4) is 0 Å². The van der Waals surface area contributed by atoms with Crippen molar-refractivity contribution in [1.29, 1.82) is 0 Å². The topological polar surface area (TPSA) is 36.9 Å². The second-order valence-corrected chi connectivity index (χ2v) is 5.85. The molecular formula is C20H24O4. The van der Waals surface area contributed by atoms with E-state index < -0.39 is 0 Å². The molecule has 1 unspecified atom stereocenters. The van der Waals surface area contributed by atoms with Crippen molar-refractivity contribution < 1.29 is 18.9 Å². The highest BCUT2D eigenvalue weighted by molar-refractivity contribution is 5.55. The normalized spacial score (nSPS) is 13.7. The highest BCUT2D eigenvalue weighted by atomic mass is 16.7. The lowest BCUT2D eigenvalue weighted by atomic mass is 9.89. The molecule has 128 valence electrons. The first-order valence-corrected chi connectivity index (χ1v) is 8.43. The van der Waals surface area contributed by atoms with Gasteiger partial charge in [-0.25, -0.2) is 0 Å². The highest BCUT2D eigenvalue weighted by Crippen LogP contribution is 2.43. The van der Waals surface area contributed by atoms with Gasteiger partial charge in [0, 0.05) is 17.5 Å². The van der Waals surface area contributed by atoms with Crippen molar-refractivity contribution in [2.24, 2.45) is 0 Å². The summed E-state index contributed by atoms with van der Waals surface area (Å²) in [6, 6.07) is 10.2. The lowest BCUT2D eigenvalue weighted by molar-refractivity contribution is 0.173. The molecule has 0 aromatic heterocycles. The van der Waals surface area contributed by atoms with Gasteiger partial charge in [-0.15, -0.1) is 0 Å². The fourth-order valence-electron chi connectivity index (χ4n) is 3.12. The molecule has 1 atom stereocenters. The number of aryl methyl sites for hydroxylation is 1. The molecule has 0 bridgehead atoms. The molecule has 2 aromatic carbocycles. The van der Waals surface area contributed by atoms with Crippen LogP contribution in [0.4, 0.5) is 0 Å². The van der Waals surface area contributed by atoms with Crippen LogP contribution in [0.15, 0.2) is 30.3 Å². The summed E-state index contributed by atoms with van der Waals surface area (Å²) < 4.78 is 22.5. The van der Waals surface area contributed by atoms with Gasteiger partial charge in [-0.3, -0.25) is 0 Å². The van der Waals surface area contributed by atoms with Crippen molar-refractivity contribution >= 4 is 0 Å². The average Bonchev–Trinajstić information content (AvgIpc) is 3.01. The molecule has 2 aromatic rings. The quantitative estimate of drug-likeness (QED) is 0.772. The van der Waals surface area contributed by atoms with E-state index in [0.29, 0.717) is 13.2 Å². The standard InChI is InChI=1S/C20H24O4/c1-5-21-15-7-8-16(13(3)9-15)14(4)17-10-19-20(24-12-23-19)11-18(17)22-6-2/h7-11,14H,5-6,12H2,1-4H3. The van der Waals surface area contributed by atoms with E-state index in [0.717, 1.165) is 28.6 Å². The van der Waals surface area contributed by atoms with Crippen molar-refractivity contribution in [3.63, 3.8) is 0 Å². The van der Waals surface area contributed by atoms with Crippen LogP contribution in [0.2, 0.25) is 0 Å². The third kappa shape index (κ3) is 3.14. The number of ether oxygens (including phenoxy) is 4. The molecule has 3 rings (SSSR count). The van der Waals surface area contributed by atoms with Crippen molar-refractivity contribution in [1.82, 2.24) is 0 Å². The van der Waals surface area contributed by atoms with Gasteiger partial charge in [-0.1, -0.05) is 13.0 Å². The summed E-state index contributed by atoms with van der Waals surface area (Å²) in [5, 5.41) is 0. The fraction of sp³-hybridized carbons (Fsp3) is 0.400. The molecule has 0 spiro atoms. The Hall–Kier alpha value is -2.36. The zero-order chi connectivity index (χ0) is 17.1. The second-order valence-electron chi connectivity index (χ2n) is 5.85. The zero-order valence-electron chi connectivity index (χ0n) is 14.7. The molecule has 4 nitrogen and oxygen atoms in total. The van der Waals surface area contributed by atoms with Crippen LogP contribution < -0.4 is 18.9 Å². The molecule has 0 fully saturated rings. The summed E-state index contributed by atoms with van der Waals surface area (Å²) in [6.07, 6.45) is 0. The van der Waals surface area contributed by atoms with Gasteiger partial charge in [0.05, 0.1) is 13.2 Å². The number of hydrogen-bond acceptors (Lipinski definition) is 4.